The molecule has 2 aromatic carbocycles. The van der Waals surface area contributed by atoms with E-state index in [9.17, 15) is 23.1 Å². The van der Waals surface area contributed by atoms with E-state index in [1.165, 1.54) is 30.3 Å². The van der Waals surface area contributed by atoms with Crippen LogP contribution in [0.4, 0.5) is 0 Å². The minimum Gasteiger partial charge on any atom is -0.488 e. The van der Waals surface area contributed by atoms with Crippen LogP contribution in [0.2, 0.25) is 0 Å². The number of benzene rings is 2. The van der Waals surface area contributed by atoms with Crippen molar-refractivity contribution in [3.63, 3.8) is 0 Å². The van der Waals surface area contributed by atoms with Gasteiger partial charge in [-0.05, 0) is 36.8 Å². The van der Waals surface area contributed by atoms with Gasteiger partial charge in [0, 0.05) is 6.26 Å². The molecule has 8 heteroatoms. The van der Waals surface area contributed by atoms with Crippen LogP contribution < -0.4 is 4.74 Å². The number of carboxylic acid groups (broad SMARTS) is 1. The zero-order chi connectivity index (χ0) is 19.3. The third-order valence-electron chi connectivity index (χ3n) is 3.48. The van der Waals surface area contributed by atoms with Crippen molar-refractivity contribution in [1.29, 1.82) is 0 Å². The molecule has 0 heterocycles. The van der Waals surface area contributed by atoms with Crippen molar-refractivity contribution in [2.45, 2.75) is 18.4 Å². The van der Waals surface area contributed by atoms with E-state index in [0.29, 0.717) is 5.56 Å². The van der Waals surface area contributed by atoms with E-state index in [1.807, 2.05) is 0 Å². The van der Waals surface area contributed by atoms with Gasteiger partial charge in [-0.3, -0.25) is 0 Å². The highest BCUT2D eigenvalue weighted by atomic mass is 32.2. The van der Waals surface area contributed by atoms with Crippen LogP contribution in [0.1, 0.15) is 33.2 Å². The van der Waals surface area contributed by atoms with Crippen LogP contribution in [0.5, 0.6) is 5.75 Å². The topological polar surface area (TPSA) is 107 Å². The minimum atomic E-state index is -3.30. The fourth-order valence-electron chi connectivity index (χ4n) is 2.24. The first-order chi connectivity index (χ1) is 12.2. The first-order valence-electron chi connectivity index (χ1n) is 7.69. The van der Waals surface area contributed by atoms with Gasteiger partial charge in [-0.15, -0.1) is 0 Å². The molecular weight excluding hydrogens is 360 g/mol. The first-order valence-corrected chi connectivity index (χ1v) is 9.58. The molecule has 0 atom stereocenters. The van der Waals surface area contributed by atoms with Crippen LogP contribution >= 0.6 is 0 Å². The standard InChI is InChI=1S/C18H18O7S/c1-3-24-18(21)14-5-4-6-15(16(14)17(19)20)25-11-12-7-9-13(10-8-12)26(2,22)23/h4-10H,3,11H2,1-2H3,(H,19,20). The van der Waals surface area contributed by atoms with E-state index >= 15 is 0 Å². The summed E-state index contributed by atoms with van der Waals surface area (Å²) in [4.78, 5) is 23.7. The third kappa shape index (κ3) is 4.60. The van der Waals surface area contributed by atoms with E-state index in [0.717, 1.165) is 6.26 Å². The van der Waals surface area contributed by atoms with E-state index in [-0.39, 0.29) is 35.0 Å². The third-order valence-corrected chi connectivity index (χ3v) is 4.61. The molecular formula is C18H18O7S. The molecule has 0 aromatic heterocycles. The number of rotatable bonds is 7. The summed E-state index contributed by atoms with van der Waals surface area (Å²) in [6, 6.07) is 10.3. The van der Waals surface area contributed by atoms with Gasteiger partial charge in [0.25, 0.3) is 0 Å². The fourth-order valence-corrected chi connectivity index (χ4v) is 2.88. The number of carbonyl (C=O) groups excluding carboxylic acids is 1. The van der Waals surface area contributed by atoms with Crippen molar-refractivity contribution < 1.29 is 32.6 Å². The van der Waals surface area contributed by atoms with Gasteiger partial charge in [0.15, 0.2) is 9.84 Å². The molecule has 0 radical (unpaired) electrons. The lowest BCUT2D eigenvalue weighted by molar-refractivity contribution is 0.0513. The summed E-state index contributed by atoms with van der Waals surface area (Å²) in [5.74, 6) is -2.03. The Kier molecular flexibility index (Phi) is 5.99. The van der Waals surface area contributed by atoms with Gasteiger partial charge in [0.1, 0.15) is 17.9 Å². The summed E-state index contributed by atoms with van der Waals surface area (Å²) in [5, 5.41) is 9.43. The van der Waals surface area contributed by atoms with Gasteiger partial charge in [-0.25, -0.2) is 18.0 Å². The number of hydrogen-bond acceptors (Lipinski definition) is 6. The first kappa shape index (κ1) is 19.5. The Balaban J connectivity index is 2.25. The van der Waals surface area contributed by atoms with Crippen molar-refractivity contribution in [2.75, 3.05) is 12.9 Å². The van der Waals surface area contributed by atoms with Gasteiger partial charge in [0.05, 0.1) is 17.1 Å². The Morgan fingerprint density at radius 3 is 2.27 bits per heavy atom. The van der Waals surface area contributed by atoms with Crippen LogP contribution in [0.15, 0.2) is 47.4 Å². The number of sulfone groups is 1. The molecule has 1 N–H and O–H groups in total. The molecule has 0 fully saturated rings. The lowest BCUT2D eigenvalue weighted by Crippen LogP contribution is -2.13. The molecule has 2 aromatic rings. The average Bonchev–Trinajstić information content (AvgIpc) is 2.59. The summed E-state index contributed by atoms with van der Waals surface area (Å²) >= 11 is 0. The van der Waals surface area contributed by atoms with Gasteiger partial charge >= 0.3 is 11.9 Å². The fraction of sp³-hybridized carbons (Fsp3) is 0.222. The van der Waals surface area contributed by atoms with Crippen LogP contribution in [-0.4, -0.2) is 38.3 Å². The highest BCUT2D eigenvalue weighted by Crippen LogP contribution is 2.24. The number of hydrogen-bond donors (Lipinski definition) is 1. The second-order valence-corrected chi connectivity index (χ2v) is 7.42. The monoisotopic (exact) mass is 378 g/mol. The quantitative estimate of drug-likeness (QED) is 0.738. The maximum Gasteiger partial charge on any atom is 0.340 e. The van der Waals surface area contributed by atoms with E-state index in [1.54, 1.807) is 19.1 Å². The molecule has 138 valence electrons. The van der Waals surface area contributed by atoms with Gasteiger partial charge in [0.2, 0.25) is 0 Å². The average molecular weight is 378 g/mol. The Labute approximate surface area is 151 Å². The highest BCUT2D eigenvalue weighted by Gasteiger charge is 2.22. The number of ether oxygens (including phenoxy) is 2. The summed E-state index contributed by atoms with van der Waals surface area (Å²) in [5.41, 5.74) is 0.276. The molecule has 0 aliphatic rings. The molecule has 0 aliphatic carbocycles. The lowest BCUT2D eigenvalue weighted by Gasteiger charge is -2.12. The highest BCUT2D eigenvalue weighted by molar-refractivity contribution is 7.90. The molecule has 2 rings (SSSR count). The predicted octanol–water partition coefficient (Wildman–Crippen LogP) is 2.54. The summed E-state index contributed by atoms with van der Waals surface area (Å²) in [6.45, 7) is 1.76. The Hall–Kier alpha value is -2.87. The maximum atomic E-state index is 11.9. The van der Waals surface area contributed by atoms with Crippen molar-refractivity contribution in [1.82, 2.24) is 0 Å². The summed E-state index contributed by atoms with van der Waals surface area (Å²) in [6.07, 6.45) is 1.11. The van der Waals surface area contributed by atoms with E-state index < -0.39 is 21.8 Å². The summed E-state index contributed by atoms with van der Waals surface area (Å²) < 4.78 is 33.3. The van der Waals surface area contributed by atoms with Gasteiger partial charge in [-0.1, -0.05) is 18.2 Å². The Bertz CT molecular complexity index is 915. The molecule has 0 saturated heterocycles. The smallest absolute Gasteiger partial charge is 0.340 e. The van der Waals surface area contributed by atoms with Crippen LogP contribution in [0.3, 0.4) is 0 Å². The molecule has 26 heavy (non-hydrogen) atoms. The molecule has 0 saturated carbocycles. The van der Waals surface area contributed by atoms with Crippen LogP contribution in [0.25, 0.3) is 0 Å². The van der Waals surface area contributed by atoms with Crippen LogP contribution in [0, 0.1) is 0 Å². The number of carboxylic acids is 1. The zero-order valence-corrected chi connectivity index (χ0v) is 15.1. The van der Waals surface area contributed by atoms with Crippen molar-refractivity contribution >= 4 is 21.8 Å². The largest absolute Gasteiger partial charge is 0.488 e. The zero-order valence-electron chi connectivity index (χ0n) is 14.3. The molecule has 0 unspecified atom stereocenters. The van der Waals surface area contributed by atoms with Crippen molar-refractivity contribution in [2.24, 2.45) is 0 Å². The SMILES string of the molecule is CCOC(=O)c1cccc(OCc2ccc(S(C)(=O)=O)cc2)c1C(=O)O. The Morgan fingerprint density at radius 1 is 1.08 bits per heavy atom. The maximum absolute atomic E-state index is 11.9. The normalized spacial score (nSPS) is 11.0. The molecule has 7 nitrogen and oxygen atoms in total. The molecule has 0 bridgehead atoms. The van der Waals surface area contributed by atoms with Crippen molar-refractivity contribution in [3.8, 4) is 5.75 Å². The second-order valence-electron chi connectivity index (χ2n) is 5.41. The van der Waals surface area contributed by atoms with E-state index in [4.69, 9.17) is 9.47 Å². The van der Waals surface area contributed by atoms with E-state index in [2.05, 4.69) is 0 Å². The Morgan fingerprint density at radius 2 is 1.73 bits per heavy atom. The van der Waals surface area contributed by atoms with Crippen molar-refractivity contribution in [3.05, 3.63) is 59.2 Å². The van der Waals surface area contributed by atoms with Gasteiger partial charge < -0.3 is 14.6 Å². The predicted molar refractivity (Wildman–Crippen MR) is 93.2 cm³/mol. The number of aromatic carboxylic acids is 1. The van der Waals surface area contributed by atoms with Gasteiger partial charge in [-0.2, -0.15) is 0 Å². The lowest BCUT2D eigenvalue weighted by atomic mass is 10.1. The minimum absolute atomic E-state index is 0.0105. The number of esters is 1. The molecule has 0 spiro atoms. The number of carbonyl (C=O) groups is 2. The molecule has 0 aliphatic heterocycles. The molecule has 0 amide bonds. The second kappa shape index (κ2) is 8.01. The van der Waals surface area contributed by atoms with Crippen LogP contribution in [-0.2, 0) is 21.2 Å². The summed E-state index contributed by atoms with van der Waals surface area (Å²) in [7, 11) is -3.30.